The van der Waals surface area contributed by atoms with E-state index in [1.807, 2.05) is 0 Å². The van der Waals surface area contributed by atoms with Gasteiger partial charge in [0.2, 0.25) is 5.88 Å². The van der Waals surface area contributed by atoms with Gasteiger partial charge >= 0.3 is 5.97 Å². The van der Waals surface area contributed by atoms with Crippen LogP contribution in [0.2, 0.25) is 0 Å². The quantitative estimate of drug-likeness (QED) is 0.653. The van der Waals surface area contributed by atoms with Gasteiger partial charge in [-0.3, -0.25) is 10.1 Å². The fourth-order valence-corrected chi connectivity index (χ4v) is 2.25. The summed E-state index contributed by atoms with van der Waals surface area (Å²) >= 11 is 0. The van der Waals surface area contributed by atoms with Gasteiger partial charge < -0.3 is 18.7 Å². The number of rotatable bonds is 9. The molecule has 0 spiro atoms. The molecule has 0 bridgehead atoms. The highest BCUT2D eigenvalue weighted by molar-refractivity contribution is 5.96. The van der Waals surface area contributed by atoms with Crippen LogP contribution in [-0.4, -0.2) is 36.9 Å². The number of hydrogen-bond acceptors (Lipinski definition) is 7. The van der Waals surface area contributed by atoms with Crippen molar-refractivity contribution in [2.45, 2.75) is 40.2 Å². The van der Waals surface area contributed by atoms with Gasteiger partial charge in [-0.2, -0.15) is 0 Å². The van der Waals surface area contributed by atoms with Crippen LogP contribution in [-0.2, 0) is 9.53 Å². The van der Waals surface area contributed by atoms with Crippen molar-refractivity contribution in [1.29, 1.82) is 0 Å². The van der Waals surface area contributed by atoms with Crippen LogP contribution in [0.5, 0.6) is 11.5 Å². The Hall–Kier alpha value is -3.03. The largest absolute Gasteiger partial charge is 0.493 e. The summed E-state index contributed by atoms with van der Waals surface area (Å²) in [5.74, 6) is 0.510. The molecule has 0 aliphatic rings. The first kappa shape index (κ1) is 21.3. The summed E-state index contributed by atoms with van der Waals surface area (Å²) in [5.41, 5.74) is 0.881. The molecule has 0 radical (unpaired) electrons. The molecule has 0 fully saturated rings. The fraction of sp³-hybridized carbons (Fsp3) is 0.450. The third-order valence-electron chi connectivity index (χ3n) is 3.88. The number of carbonyl (C=O) groups is 2. The average Bonchev–Trinajstić information content (AvgIpc) is 3.06. The van der Waals surface area contributed by atoms with E-state index in [1.165, 1.54) is 20.1 Å². The molecule has 2 rings (SSSR count). The lowest BCUT2D eigenvalue weighted by atomic mass is 10.1. The average molecular weight is 390 g/mol. The van der Waals surface area contributed by atoms with E-state index in [1.54, 1.807) is 25.1 Å². The van der Waals surface area contributed by atoms with Crippen LogP contribution < -0.4 is 14.8 Å². The molecule has 0 saturated carbocycles. The van der Waals surface area contributed by atoms with Gasteiger partial charge in [-0.05, 0) is 44.4 Å². The predicted octanol–water partition coefficient (Wildman–Crippen LogP) is 3.60. The predicted molar refractivity (Wildman–Crippen MR) is 103 cm³/mol. The number of aromatic nitrogens is 1. The Balaban J connectivity index is 1.97. The molecule has 0 saturated heterocycles. The maximum absolute atomic E-state index is 12.4. The number of ether oxygens (including phenoxy) is 3. The van der Waals surface area contributed by atoms with Crippen molar-refractivity contribution in [2.24, 2.45) is 5.92 Å². The number of nitrogens with zero attached hydrogens (tertiary/aromatic N) is 1. The van der Waals surface area contributed by atoms with Crippen LogP contribution in [0, 0.1) is 12.8 Å². The normalized spacial score (nSPS) is 11.8. The first-order valence-electron chi connectivity index (χ1n) is 9.06. The molecule has 1 heterocycles. The zero-order valence-electron chi connectivity index (χ0n) is 16.8. The smallest absolute Gasteiger partial charge is 0.339 e. The van der Waals surface area contributed by atoms with Crippen molar-refractivity contribution >= 4 is 17.8 Å². The van der Waals surface area contributed by atoms with E-state index in [9.17, 15) is 9.59 Å². The van der Waals surface area contributed by atoms with E-state index in [0.29, 0.717) is 29.7 Å². The number of esters is 1. The van der Waals surface area contributed by atoms with Gasteiger partial charge in [0.05, 0.1) is 25.0 Å². The van der Waals surface area contributed by atoms with Crippen molar-refractivity contribution < 1.29 is 28.3 Å². The third kappa shape index (κ3) is 6.00. The lowest BCUT2D eigenvalue weighted by molar-refractivity contribution is -0.123. The first-order chi connectivity index (χ1) is 13.3. The molecule has 1 atom stereocenters. The van der Waals surface area contributed by atoms with Gasteiger partial charge in [0, 0.05) is 6.07 Å². The Morgan fingerprint density at radius 2 is 1.93 bits per heavy atom. The third-order valence-corrected chi connectivity index (χ3v) is 3.88. The maximum Gasteiger partial charge on any atom is 0.339 e. The SMILES string of the molecule is COc1cc(C(=O)O[C@@H](C)C(=O)Nc2cc(C)no2)ccc1OCCC(C)C. The maximum atomic E-state index is 12.4. The number of amides is 1. The van der Waals surface area contributed by atoms with Gasteiger partial charge in [0.15, 0.2) is 17.6 Å². The van der Waals surface area contributed by atoms with E-state index >= 15 is 0 Å². The Morgan fingerprint density at radius 1 is 1.18 bits per heavy atom. The number of methoxy groups -OCH3 is 1. The Bertz CT molecular complexity index is 815. The minimum atomic E-state index is -1.02. The zero-order chi connectivity index (χ0) is 20.7. The second-order valence-corrected chi connectivity index (χ2v) is 6.77. The fourth-order valence-electron chi connectivity index (χ4n) is 2.25. The topological polar surface area (TPSA) is 99.9 Å². The van der Waals surface area contributed by atoms with Crippen LogP contribution in [0.15, 0.2) is 28.8 Å². The number of aryl methyl sites for hydroxylation is 1. The Labute approximate surface area is 164 Å². The minimum absolute atomic E-state index is 0.190. The standard InChI is InChI=1S/C20H26N2O6/c1-12(2)8-9-26-16-7-6-15(11-17(16)25-5)20(24)27-14(4)19(23)21-18-10-13(3)22-28-18/h6-7,10-12,14H,8-9H2,1-5H3,(H,21,23)/t14-/m0/s1. The lowest BCUT2D eigenvalue weighted by Crippen LogP contribution is -2.29. The van der Waals surface area contributed by atoms with E-state index in [4.69, 9.17) is 18.7 Å². The molecule has 1 aromatic carbocycles. The van der Waals surface area contributed by atoms with Gasteiger partial charge in [-0.15, -0.1) is 0 Å². The molecule has 8 heteroatoms. The Morgan fingerprint density at radius 3 is 2.54 bits per heavy atom. The summed E-state index contributed by atoms with van der Waals surface area (Å²) in [5, 5.41) is 6.17. The molecule has 2 aromatic rings. The summed E-state index contributed by atoms with van der Waals surface area (Å²) in [7, 11) is 1.50. The molecule has 8 nitrogen and oxygen atoms in total. The van der Waals surface area contributed by atoms with Crippen LogP contribution >= 0.6 is 0 Å². The number of benzene rings is 1. The number of hydrogen-bond donors (Lipinski definition) is 1. The summed E-state index contributed by atoms with van der Waals surface area (Å²) in [6.45, 7) is 7.97. The van der Waals surface area contributed by atoms with Gasteiger partial charge in [-0.25, -0.2) is 4.79 Å². The molecule has 152 valence electrons. The zero-order valence-corrected chi connectivity index (χ0v) is 16.8. The molecular weight excluding hydrogens is 364 g/mol. The van der Waals surface area contributed by atoms with Crippen molar-refractivity contribution in [3.8, 4) is 11.5 Å². The van der Waals surface area contributed by atoms with Crippen LogP contribution in [0.1, 0.15) is 43.2 Å². The molecule has 1 aromatic heterocycles. The van der Waals surface area contributed by atoms with Crippen molar-refractivity contribution in [2.75, 3.05) is 19.0 Å². The Kier molecular flexibility index (Phi) is 7.43. The van der Waals surface area contributed by atoms with Crippen molar-refractivity contribution in [1.82, 2.24) is 5.16 Å². The van der Waals surface area contributed by atoms with Crippen molar-refractivity contribution in [3.63, 3.8) is 0 Å². The molecule has 1 amide bonds. The second-order valence-electron chi connectivity index (χ2n) is 6.77. The summed E-state index contributed by atoms with van der Waals surface area (Å²) < 4.78 is 21.1. The highest BCUT2D eigenvalue weighted by atomic mass is 16.5. The molecule has 0 aliphatic carbocycles. The second kappa shape index (κ2) is 9.77. The van der Waals surface area contributed by atoms with Gasteiger partial charge in [0.25, 0.3) is 5.91 Å². The monoisotopic (exact) mass is 390 g/mol. The van der Waals surface area contributed by atoms with E-state index < -0.39 is 18.0 Å². The highest BCUT2D eigenvalue weighted by Gasteiger charge is 2.21. The number of nitrogens with one attached hydrogen (secondary N) is 1. The van der Waals surface area contributed by atoms with Crippen LogP contribution in [0.3, 0.4) is 0 Å². The van der Waals surface area contributed by atoms with Gasteiger partial charge in [0.1, 0.15) is 0 Å². The van der Waals surface area contributed by atoms with E-state index in [-0.39, 0.29) is 11.4 Å². The number of carbonyl (C=O) groups excluding carboxylic acids is 2. The van der Waals surface area contributed by atoms with Crippen LogP contribution in [0.25, 0.3) is 0 Å². The highest BCUT2D eigenvalue weighted by Crippen LogP contribution is 2.29. The molecule has 0 unspecified atom stereocenters. The van der Waals surface area contributed by atoms with E-state index in [0.717, 1.165) is 6.42 Å². The van der Waals surface area contributed by atoms with Crippen molar-refractivity contribution in [3.05, 3.63) is 35.5 Å². The minimum Gasteiger partial charge on any atom is -0.493 e. The molecular formula is C20H26N2O6. The molecule has 28 heavy (non-hydrogen) atoms. The summed E-state index contributed by atoms with van der Waals surface area (Å²) in [6, 6.07) is 6.31. The summed E-state index contributed by atoms with van der Waals surface area (Å²) in [6.07, 6.45) is -0.115. The first-order valence-corrected chi connectivity index (χ1v) is 9.06. The van der Waals surface area contributed by atoms with Crippen LogP contribution in [0.4, 0.5) is 5.88 Å². The molecule has 0 aliphatic heterocycles. The van der Waals surface area contributed by atoms with Gasteiger partial charge in [-0.1, -0.05) is 19.0 Å². The summed E-state index contributed by atoms with van der Waals surface area (Å²) in [4.78, 5) is 24.5. The van der Waals surface area contributed by atoms with E-state index in [2.05, 4.69) is 24.3 Å². The number of anilines is 1. The molecule has 1 N–H and O–H groups in total. The lowest BCUT2D eigenvalue weighted by Gasteiger charge is -2.14.